The van der Waals surface area contributed by atoms with E-state index in [-0.39, 0.29) is 31.7 Å². The van der Waals surface area contributed by atoms with Crippen LogP contribution in [0.25, 0.3) is 0 Å². The molecule has 1 N–H and O–H groups in total. The monoisotopic (exact) mass is 429 g/mol. The Bertz CT molecular complexity index is 499. The smallest absolute Gasteiger partial charge is 0.334 e. The number of carbonyl (C=O) groups excluding carboxylic acids is 4. The summed E-state index contributed by atoms with van der Waals surface area (Å²) < 4.78 is 0. The van der Waals surface area contributed by atoms with E-state index in [0.717, 1.165) is 12.8 Å². The molecule has 2 rings (SSSR count). The van der Waals surface area contributed by atoms with Crippen LogP contribution >= 0.6 is 0 Å². The van der Waals surface area contributed by atoms with Crippen LogP contribution in [0.3, 0.4) is 0 Å². The second kappa shape index (κ2) is 17.9. The number of rotatable bonds is 6. The van der Waals surface area contributed by atoms with Gasteiger partial charge in [0, 0.05) is 31.5 Å². The number of hydroxylamine groups is 2. The van der Waals surface area contributed by atoms with E-state index in [4.69, 9.17) is 4.84 Å². The van der Waals surface area contributed by atoms with Gasteiger partial charge in [-0.25, -0.2) is 4.79 Å². The molecule has 176 valence electrons. The number of hydrogen-bond acceptors (Lipinski definition) is 6. The van der Waals surface area contributed by atoms with Gasteiger partial charge in [0.15, 0.2) is 0 Å². The maximum Gasteiger partial charge on any atom is 0.334 e. The quantitative estimate of drug-likeness (QED) is 0.650. The number of imide groups is 1. The minimum atomic E-state index is -0.710. The van der Waals surface area contributed by atoms with Gasteiger partial charge in [0.1, 0.15) is 0 Å². The Labute approximate surface area is 182 Å². The van der Waals surface area contributed by atoms with Gasteiger partial charge in [-0.2, -0.15) is 0 Å². The lowest BCUT2D eigenvalue weighted by molar-refractivity contribution is -0.197. The predicted octanol–water partition coefficient (Wildman–Crippen LogP) is 3.44. The summed E-state index contributed by atoms with van der Waals surface area (Å²) in [6.45, 7) is 16.7. The van der Waals surface area contributed by atoms with Crippen molar-refractivity contribution in [1.29, 1.82) is 0 Å². The van der Waals surface area contributed by atoms with Gasteiger partial charge in [-0.05, 0) is 26.7 Å². The maximum atomic E-state index is 12.0. The van der Waals surface area contributed by atoms with Gasteiger partial charge in [0.2, 0.25) is 5.91 Å². The van der Waals surface area contributed by atoms with E-state index in [2.05, 4.69) is 24.1 Å². The summed E-state index contributed by atoms with van der Waals surface area (Å²) in [5.41, 5.74) is 0. The fourth-order valence-corrected chi connectivity index (χ4v) is 3.12. The van der Waals surface area contributed by atoms with E-state index in [1.807, 2.05) is 41.5 Å². The van der Waals surface area contributed by atoms with Gasteiger partial charge in [-0.15, -0.1) is 5.06 Å². The zero-order valence-electron chi connectivity index (χ0n) is 20.2. The van der Waals surface area contributed by atoms with Crippen LogP contribution < -0.4 is 5.32 Å². The minimum Gasteiger partial charge on any atom is -0.354 e. The van der Waals surface area contributed by atoms with Crippen LogP contribution in [0.4, 0.5) is 0 Å². The molecule has 8 heteroatoms. The molecule has 30 heavy (non-hydrogen) atoms. The number of hydrogen-bond donors (Lipinski definition) is 1. The topological polar surface area (TPSA) is 96.0 Å². The molecule has 2 fully saturated rings. The Kier molecular flexibility index (Phi) is 18.0. The molecular formula is C22H43N3O5. The molecule has 3 amide bonds. The molecule has 0 radical (unpaired) electrons. The lowest BCUT2D eigenvalue weighted by Crippen LogP contribution is -2.48. The highest BCUT2D eigenvalue weighted by Gasteiger charge is 2.32. The third-order valence-corrected chi connectivity index (χ3v) is 4.55. The molecule has 0 bridgehead atoms. The lowest BCUT2D eigenvalue weighted by Gasteiger charge is -2.38. The van der Waals surface area contributed by atoms with Gasteiger partial charge in [0.25, 0.3) is 11.8 Å². The number of piperidine rings is 1. The SMILES string of the molecule is CC.CC.CC.CC1CCCC(C)N1CC(=O)NCCC(=O)ON1C(=O)CCC1=O. The fraction of sp³-hybridized carbons (Fsp3) is 0.818. The van der Waals surface area contributed by atoms with Crippen molar-refractivity contribution in [3.05, 3.63) is 0 Å². The summed E-state index contributed by atoms with van der Waals surface area (Å²) in [5.74, 6) is -1.87. The Morgan fingerprint density at radius 2 is 1.40 bits per heavy atom. The van der Waals surface area contributed by atoms with Crippen molar-refractivity contribution in [3.8, 4) is 0 Å². The maximum absolute atomic E-state index is 12.0. The van der Waals surface area contributed by atoms with Gasteiger partial charge in [-0.3, -0.25) is 19.3 Å². The highest BCUT2D eigenvalue weighted by atomic mass is 16.7. The minimum absolute atomic E-state index is 0.0645. The molecule has 2 heterocycles. The van der Waals surface area contributed by atoms with Gasteiger partial charge in [0.05, 0.1) is 13.0 Å². The Balaban J connectivity index is 0. The van der Waals surface area contributed by atoms with Crippen LogP contribution in [0.1, 0.15) is 93.9 Å². The highest BCUT2D eigenvalue weighted by molar-refractivity contribution is 6.01. The molecule has 2 unspecified atom stereocenters. The average Bonchev–Trinajstić information content (AvgIpc) is 3.07. The fourth-order valence-electron chi connectivity index (χ4n) is 3.12. The van der Waals surface area contributed by atoms with Crippen molar-refractivity contribution in [2.75, 3.05) is 13.1 Å². The van der Waals surface area contributed by atoms with Crippen molar-refractivity contribution in [1.82, 2.24) is 15.3 Å². The molecule has 0 aromatic heterocycles. The summed E-state index contributed by atoms with van der Waals surface area (Å²) >= 11 is 0. The third kappa shape index (κ3) is 10.7. The van der Waals surface area contributed by atoms with Crippen molar-refractivity contribution in [2.45, 2.75) is 106 Å². The highest BCUT2D eigenvalue weighted by Crippen LogP contribution is 2.21. The first-order valence-electron chi connectivity index (χ1n) is 11.5. The Hall–Kier alpha value is -1.96. The summed E-state index contributed by atoms with van der Waals surface area (Å²) in [6, 6.07) is 0.744. The van der Waals surface area contributed by atoms with Crippen LogP contribution in [0.15, 0.2) is 0 Å². The van der Waals surface area contributed by atoms with E-state index in [9.17, 15) is 19.2 Å². The van der Waals surface area contributed by atoms with Crippen molar-refractivity contribution in [3.63, 3.8) is 0 Å². The summed E-state index contributed by atoms with van der Waals surface area (Å²) in [4.78, 5) is 53.2. The first-order valence-corrected chi connectivity index (χ1v) is 11.5. The number of nitrogens with zero attached hydrogens (tertiary/aromatic N) is 2. The zero-order chi connectivity index (χ0) is 23.7. The predicted molar refractivity (Wildman–Crippen MR) is 118 cm³/mol. The third-order valence-electron chi connectivity index (χ3n) is 4.55. The molecule has 2 aliphatic heterocycles. The van der Waals surface area contributed by atoms with Crippen molar-refractivity contribution >= 4 is 23.7 Å². The van der Waals surface area contributed by atoms with Crippen LogP contribution in [0.2, 0.25) is 0 Å². The second-order valence-corrected chi connectivity index (χ2v) is 6.45. The van der Waals surface area contributed by atoms with E-state index in [0.29, 0.717) is 23.7 Å². The van der Waals surface area contributed by atoms with Crippen LogP contribution in [0.5, 0.6) is 0 Å². The summed E-state index contributed by atoms with van der Waals surface area (Å²) in [7, 11) is 0. The molecule has 0 aliphatic carbocycles. The molecule has 8 nitrogen and oxygen atoms in total. The molecule has 2 saturated heterocycles. The molecular weight excluding hydrogens is 386 g/mol. The number of carbonyl (C=O) groups is 4. The molecule has 0 aromatic rings. The standard InChI is InChI=1S/C16H25N3O5.3C2H6/c1-11-4-3-5-12(2)18(11)10-13(20)17-9-8-16(23)24-19-14(21)6-7-15(19)22;3*1-2/h11-12H,3-10H2,1-2H3,(H,17,20);3*1-2H3. The van der Waals surface area contributed by atoms with E-state index in [1.54, 1.807) is 0 Å². The van der Waals surface area contributed by atoms with E-state index < -0.39 is 17.8 Å². The first kappa shape index (κ1) is 30.2. The van der Waals surface area contributed by atoms with Gasteiger partial charge < -0.3 is 10.2 Å². The molecule has 0 spiro atoms. The summed E-state index contributed by atoms with van der Waals surface area (Å²) in [5, 5.41) is 3.19. The number of likely N-dealkylation sites (tertiary alicyclic amines) is 1. The zero-order valence-corrected chi connectivity index (χ0v) is 20.2. The molecule has 2 aliphatic rings. The van der Waals surface area contributed by atoms with E-state index in [1.165, 1.54) is 6.42 Å². The van der Waals surface area contributed by atoms with Crippen LogP contribution in [-0.4, -0.2) is 58.8 Å². The second-order valence-electron chi connectivity index (χ2n) is 6.45. The number of nitrogens with one attached hydrogen (secondary N) is 1. The molecule has 0 aromatic carbocycles. The van der Waals surface area contributed by atoms with Crippen LogP contribution in [0, 0.1) is 0 Å². The average molecular weight is 430 g/mol. The summed E-state index contributed by atoms with van der Waals surface area (Å²) in [6.07, 6.45) is 3.39. The normalized spacial score (nSPS) is 20.6. The lowest BCUT2D eigenvalue weighted by atomic mass is 9.97. The largest absolute Gasteiger partial charge is 0.354 e. The Morgan fingerprint density at radius 3 is 1.87 bits per heavy atom. The molecule has 2 atom stereocenters. The van der Waals surface area contributed by atoms with E-state index >= 15 is 0 Å². The van der Waals surface area contributed by atoms with Gasteiger partial charge in [-0.1, -0.05) is 48.0 Å². The Morgan fingerprint density at radius 1 is 0.933 bits per heavy atom. The van der Waals surface area contributed by atoms with Crippen LogP contribution in [-0.2, 0) is 24.0 Å². The first-order chi connectivity index (χ1) is 14.4. The van der Waals surface area contributed by atoms with Crippen molar-refractivity contribution in [2.24, 2.45) is 0 Å². The van der Waals surface area contributed by atoms with Gasteiger partial charge >= 0.3 is 5.97 Å². The van der Waals surface area contributed by atoms with Crippen molar-refractivity contribution < 1.29 is 24.0 Å². The molecule has 0 saturated carbocycles. The number of amides is 3.